The summed E-state index contributed by atoms with van der Waals surface area (Å²) >= 11 is 3.12. The number of carbonyl (C=O) groups excluding carboxylic acids is 1. The van der Waals surface area contributed by atoms with Gasteiger partial charge in [-0.3, -0.25) is 9.69 Å². The number of aryl methyl sites for hydroxylation is 2. The minimum atomic E-state index is 0.0386. The first-order chi connectivity index (χ1) is 13.1. The van der Waals surface area contributed by atoms with Crippen LogP contribution in [0.5, 0.6) is 0 Å². The van der Waals surface area contributed by atoms with E-state index in [0.29, 0.717) is 12.4 Å². The number of fused-ring (bicyclic) bond motifs is 1. The lowest BCUT2D eigenvalue weighted by Crippen LogP contribution is -2.36. The molecule has 1 heterocycles. The van der Waals surface area contributed by atoms with E-state index in [1.165, 1.54) is 11.8 Å². The van der Waals surface area contributed by atoms with Crippen molar-refractivity contribution in [2.24, 2.45) is 0 Å². The number of benzene rings is 2. The number of anilines is 1. The van der Waals surface area contributed by atoms with Crippen molar-refractivity contribution in [1.29, 1.82) is 0 Å². The topological polar surface area (TPSA) is 42.4 Å². The molecule has 2 aromatic carbocycles. The largest absolute Gasteiger partial charge is 0.361 e. The van der Waals surface area contributed by atoms with Gasteiger partial charge in [0.2, 0.25) is 5.91 Å². The number of thioether (sulfide) groups is 1. The quantitative estimate of drug-likeness (QED) is 0.381. The Hall–Kier alpha value is -1.89. The Morgan fingerprint density at radius 1 is 1.19 bits per heavy atom. The Bertz CT molecular complexity index is 890. The smallest absolute Gasteiger partial charge is 0.239 e. The minimum absolute atomic E-state index is 0.0386. The molecule has 27 heavy (non-hydrogen) atoms. The first-order valence-electron chi connectivity index (χ1n) is 9.09. The Morgan fingerprint density at radius 2 is 2.00 bits per heavy atom. The lowest BCUT2D eigenvalue weighted by molar-refractivity contribution is -0.117. The molecule has 0 fully saturated rings. The monoisotopic (exact) mass is 400 g/mol. The molecule has 0 atom stereocenters. The highest BCUT2D eigenvalue weighted by Gasteiger charge is 2.21. The zero-order valence-corrected chi connectivity index (χ0v) is 17.5. The Balaban J connectivity index is 1.79. The van der Waals surface area contributed by atoms with E-state index in [4.69, 9.17) is 4.74 Å². The van der Waals surface area contributed by atoms with Crippen LogP contribution < -0.4 is 4.90 Å². The highest BCUT2D eigenvalue weighted by molar-refractivity contribution is 8.01. The molecule has 1 aromatic heterocycles. The van der Waals surface area contributed by atoms with E-state index in [0.717, 1.165) is 37.8 Å². The minimum Gasteiger partial charge on any atom is -0.361 e. The fourth-order valence-corrected chi connectivity index (χ4v) is 4.89. The second-order valence-electron chi connectivity index (χ2n) is 6.12. The van der Waals surface area contributed by atoms with Crippen molar-refractivity contribution in [2.45, 2.75) is 31.5 Å². The molecule has 0 radical (unpaired) electrons. The van der Waals surface area contributed by atoms with Crippen LogP contribution in [0.1, 0.15) is 25.0 Å². The van der Waals surface area contributed by atoms with Crippen LogP contribution in [0.2, 0.25) is 0 Å². The fourth-order valence-electron chi connectivity index (χ4n) is 2.95. The molecule has 3 rings (SSSR count). The number of amides is 1. The summed E-state index contributed by atoms with van der Waals surface area (Å²) in [7, 11) is 0. The molecule has 6 heteroatoms. The summed E-state index contributed by atoms with van der Waals surface area (Å²) in [6.45, 7) is 6.94. The number of rotatable bonds is 8. The zero-order chi connectivity index (χ0) is 19.2. The summed E-state index contributed by atoms with van der Waals surface area (Å²) < 4.78 is 7.67. The molecule has 0 spiro atoms. The molecule has 0 saturated heterocycles. The van der Waals surface area contributed by atoms with Crippen molar-refractivity contribution in [2.75, 3.05) is 24.0 Å². The standard InChI is InChI=1S/C21H24N2O2S2/c1-4-16-10-8-9-15(3)20(16)23(14-25-5-2)19(24)13-26-21-22-17-11-6-7-12-18(17)27-21/h6-12H,4-5,13-14H2,1-3H3. The van der Waals surface area contributed by atoms with Gasteiger partial charge in [-0.2, -0.15) is 0 Å². The number of ether oxygens (including phenoxy) is 1. The fraction of sp³-hybridized carbons (Fsp3) is 0.333. The summed E-state index contributed by atoms with van der Waals surface area (Å²) in [6.07, 6.45) is 0.873. The molecule has 0 N–H and O–H groups in total. The van der Waals surface area contributed by atoms with Crippen molar-refractivity contribution in [3.63, 3.8) is 0 Å². The van der Waals surface area contributed by atoms with Crippen LogP contribution in [-0.2, 0) is 16.0 Å². The van der Waals surface area contributed by atoms with Crippen molar-refractivity contribution < 1.29 is 9.53 Å². The van der Waals surface area contributed by atoms with Gasteiger partial charge in [0, 0.05) is 6.61 Å². The van der Waals surface area contributed by atoms with E-state index >= 15 is 0 Å². The van der Waals surface area contributed by atoms with Crippen molar-refractivity contribution in [1.82, 2.24) is 4.98 Å². The van der Waals surface area contributed by atoms with Gasteiger partial charge in [-0.15, -0.1) is 11.3 Å². The van der Waals surface area contributed by atoms with Crippen LogP contribution in [0, 0.1) is 6.92 Å². The Kier molecular flexibility index (Phi) is 6.88. The Labute approximate surface area is 168 Å². The van der Waals surface area contributed by atoms with Gasteiger partial charge in [-0.1, -0.05) is 49.0 Å². The van der Waals surface area contributed by atoms with E-state index in [1.807, 2.05) is 44.2 Å². The van der Waals surface area contributed by atoms with Crippen LogP contribution in [0.3, 0.4) is 0 Å². The van der Waals surface area contributed by atoms with Gasteiger partial charge < -0.3 is 4.74 Å². The number of hydrogen-bond acceptors (Lipinski definition) is 5. The van der Waals surface area contributed by atoms with Gasteiger partial charge >= 0.3 is 0 Å². The molecule has 0 bridgehead atoms. The third-order valence-electron chi connectivity index (χ3n) is 4.29. The number of para-hydroxylation sites is 2. The summed E-state index contributed by atoms with van der Waals surface area (Å²) in [4.78, 5) is 19.4. The molecular weight excluding hydrogens is 376 g/mol. The number of hydrogen-bond donors (Lipinski definition) is 0. The molecular formula is C21H24N2O2S2. The van der Waals surface area contributed by atoms with E-state index in [9.17, 15) is 4.79 Å². The van der Waals surface area contributed by atoms with Crippen molar-refractivity contribution in [3.8, 4) is 0 Å². The number of thiazole rings is 1. The van der Waals surface area contributed by atoms with Crippen molar-refractivity contribution in [3.05, 3.63) is 53.6 Å². The molecule has 0 aliphatic carbocycles. The molecule has 142 valence electrons. The summed E-state index contributed by atoms with van der Waals surface area (Å²) in [6, 6.07) is 14.2. The zero-order valence-electron chi connectivity index (χ0n) is 15.9. The van der Waals surface area contributed by atoms with Gasteiger partial charge in [-0.25, -0.2) is 4.98 Å². The van der Waals surface area contributed by atoms with Gasteiger partial charge in [-0.05, 0) is 43.5 Å². The van der Waals surface area contributed by atoms with Crippen LogP contribution >= 0.6 is 23.1 Å². The van der Waals surface area contributed by atoms with Crippen molar-refractivity contribution >= 4 is 44.9 Å². The van der Waals surface area contributed by atoms with E-state index in [2.05, 4.69) is 24.0 Å². The molecule has 4 nitrogen and oxygen atoms in total. The van der Waals surface area contributed by atoms with E-state index in [-0.39, 0.29) is 12.6 Å². The molecule has 0 aliphatic heterocycles. The summed E-state index contributed by atoms with van der Waals surface area (Å²) in [5.74, 6) is 0.376. The highest BCUT2D eigenvalue weighted by Crippen LogP contribution is 2.31. The molecule has 1 amide bonds. The molecule has 3 aromatic rings. The maximum atomic E-state index is 13.1. The molecule has 0 unspecified atom stereocenters. The normalized spacial score (nSPS) is 11.1. The van der Waals surface area contributed by atoms with Gasteiger partial charge in [0.15, 0.2) is 4.34 Å². The second-order valence-corrected chi connectivity index (χ2v) is 8.37. The predicted octanol–water partition coefficient (Wildman–Crippen LogP) is 5.29. The second kappa shape index (κ2) is 9.35. The molecule has 0 saturated carbocycles. The SMILES string of the molecule is CCOCN(C(=O)CSc1nc2ccccc2s1)c1c(C)cccc1CC. The predicted molar refractivity (Wildman–Crippen MR) is 115 cm³/mol. The lowest BCUT2D eigenvalue weighted by Gasteiger charge is -2.26. The van der Waals surface area contributed by atoms with Gasteiger partial charge in [0.25, 0.3) is 0 Å². The maximum absolute atomic E-state index is 13.1. The first kappa shape index (κ1) is 19.9. The van der Waals surface area contributed by atoms with E-state index in [1.54, 1.807) is 16.2 Å². The summed E-state index contributed by atoms with van der Waals surface area (Å²) in [5.41, 5.74) is 4.21. The van der Waals surface area contributed by atoms with E-state index < -0.39 is 0 Å². The van der Waals surface area contributed by atoms with Crippen LogP contribution in [0.25, 0.3) is 10.2 Å². The molecule has 0 aliphatic rings. The summed E-state index contributed by atoms with van der Waals surface area (Å²) in [5, 5.41) is 0. The van der Waals surface area contributed by atoms with Gasteiger partial charge in [0.1, 0.15) is 6.73 Å². The number of carbonyl (C=O) groups is 1. The van der Waals surface area contributed by atoms with Crippen LogP contribution in [0.15, 0.2) is 46.8 Å². The first-order valence-corrected chi connectivity index (χ1v) is 10.9. The third-order valence-corrected chi connectivity index (χ3v) is 6.46. The lowest BCUT2D eigenvalue weighted by atomic mass is 10.0. The highest BCUT2D eigenvalue weighted by atomic mass is 32.2. The average molecular weight is 401 g/mol. The number of nitrogens with zero attached hydrogens (tertiary/aromatic N) is 2. The van der Waals surface area contributed by atoms with Gasteiger partial charge in [0.05, 0.1) is 21.7 Å². The third kappa shape index (κ3) is 4.69. The Morgan fingerprint density at radius 3 is 2.74 bits per heavy atom. The van der Waals surface area contributed by atoms with Crippen LogP contribution in [-0.4, -0.2) is 30.0 Å². The average Bonchev–Trinajstić information content (AvgIpc) is 3.10. The number of aromatic nitrogens is 1. The van der Waals surface area contributed by atoms with Crippen LogP contribution in [0.4, 0.5) is 5.69 Å². The maximum Gasteiger partial charge on any atom is 0.239 e.